The van der Waals surface area contributed by atoms with Crippen LogP contribution in [0.5, 0.6) is 0 Å². The molecule has 0 spiro atoms. The molecule has 7 nitrogen and oxygen atoms in total. The van der Waals surface area contributed by atoms with Gasteiger partial charge in [0.2, 0.25) is 0 Å². The highest BCUT2D eigenvalue weighted by molar-refractivity contribution is 6.01. The molecule has 0 bridgehead atoms. The fourth-order valence-corrected chi connectivity index (χ4v) is 12.4. The van der Waals surface area contributed by atoms with Crippen LogP contribution >= 0.6 is 0 Å². The molecule has 5 heterocycles. The molecule has 9 aromatic carbocycles. The highest BCUT2D eigenvalue weighted by Crippen LogP contribution is 2.44. The van der Waals surface area contributed by atoms with Crippen LogP contribution in [0.4, 0.5) is 0 Å². The maximum absolute atomic E-state index is 13.1. The first-order valence-electron chi connectivity index (χ1n) is 29.3. The van der Waals surface area contributed by atoms with E-state index in [1.54, 1.807) is 12.1 Å². The molecule has 0 unspecified atom stereocenters. The van der Waals surface area contributed by atoms with Crippen LogP contribution in [0.3, 0.4) is 0 Å². The van der Waals surface area contributed by atoms with Crippen molar-refractivity contribution in [2.24, 2.45) is 0 Å². The molecule has 14 rings (SSSR count). The summed E-state index contributed by atoms with van der Waals surface area (Å²) in [6.07, 6.45) is 5.98. The van der Waals surface area contributed by atoms with Crippen LogP contribution in [-0.2, 0) is 10.8 Å². The minimum atomic E-state index is -0.262. The highest BCUT2D eigenvalue weighted by atomic mass is 16.1. The van der Waals surface area contributed by atoms with Gasteiger partial charge in [-0.3, -0.25) is 14.6 Å². The van der Waals surface area contributed by atoms with Crippen molar-refractivity contribution < 1.29 is 0 Å². The average molecular weight is 1110 g/mol. The van der Waals surface area contributed by atoms with Gasteiger partial charge in [-0.15, -0.1) is 0 Å². The molecule has 86 heavy (non-hydrogen) atoms. The van der Waals surface area contributed by atoms with Gasteiger partial charge in [-0.1, -0.05) is 217 Å². The standard InChI is InChI=1S/C79H61N5O2/c1-78(2,3)72-48-74(85)81-76-69-34-32-56(42-58(69)37-40-83(72)76)64-19-11-14-22-67(64)61-44-60(45-62(46-61)68-23-15-12-20-65(68)57-33-35-70-59(43-57)38-41-84-73(79(4,5)6)49-75(86)82-77(70)84)66-21-13-10-18-63(66)53-28-30-54(31-29-53)71-47-55(36-39-80-71)52-26-24-51(25-27-52)50-16-8-7-9-17-50/h7-49H,1-6H3. The third kappa shape index (κ3) is 9.97. The molecule has 0 saturated heterocycles. The SMILES string of the molecule is CC(C)(C)c1cc(=O)nc2c3ccc(-c4ccccc4-c4cc(-c5ccccc5-c5ccc(-c6cc(-c7ccc(-c8ccccc8)cc7)ccn6)cc5)cc(-c5ccccc5-c5ccc6c(ccn7c(C(C)(C)C)cc(=O)nc67)c5)c4)cc3ccn12. The van der Waals surface area contributed by atoms with Gasteiger partial charge in [0.1, 0.15) is 11.3 Å². The predicted molar refractivity (Wildman–Crippen MR) is 356 cm³/mol. The Morgan fingerprint density at radius 2 is 0.663 bits per heavy atom. The third-order valence-electron chi connectivity index (χ3n) is 16.7. The Bertz CT molecular complexity index is 4890. The van der Waals surface area contributed by atoms with Gasteiger partial charge in [0.15, 0.2) is 0 Å². The summed E-state index contributed by atoms with van der Waals surface area (Å²) in [6.45, 7) is 12.7. The van der Waals surface area contributed by atoms with E-state index in [9.17, 15) is 9.59 Å². The summed E-state index contributed by atoms with van der Waals surface area (Å²) in [5.41, 5.74) is 21.6. The van der Waals surface area contributed by atoms with Crippen molar-refractivity contribution >= 4 is 32.8 Å². The Kier molecular flexibility index (Phi) is 13.2. The van der Waals surface area contributed by atoms with Crippen LogP contribution < -0.4 is 11.1 Å². The summed E-state index contributed by atoms with van der Waals surface area (Å²) < 4.78 is 4.11. The molecule has 0 aliphatic rings. The normalized spacial score (nSPS) is 11.9. The molecule has 0 saturated carbocycles. The van der Waals surface area contributed by atoms with Crippen molar-refractivity contribution in [3.8, 4) is 100 Å². The minimum Gasteiger partial charge on any atom is -0.304 e. The molecule has 0 atom stereocenters. The second kappa shape index (κ2) is 21.2. The van der Waals surface area contributed by atoms with Crippen molar-refractivity contribution in [1.82, 2.24) is 23.8 Å². The summed E-state index contributed by atoms with van der Waals surface area (Å²) in [6, 6.07) is 85.7. The zero-order chi connectivity index (χ0) is 58.8. The summed E-state index contributed by atoms with van der Waals surface area (Å²) in [4.78, 5) is 40.2. The molecule has 0 aliphatic carbocycles. The van der Waals surface area contributed by atoms with Crippen LogP contribution in [0.2, 0.25) is 0 Å². The Morgan fingerprint density at radius 1 is 0.302 bits per heavy atom. The lowest BCUT2D eigenvalue weighted by Crippen LogP contribution is -2.22. The second-order valence-electron chi connectivity index (χ2n) is 24.5. The Labute approximate surface area is 499 Å². The quantitative estimate of drug-likeness (QED) is 0.135. The summed E-state index contributed by atoms with van der Waals surface area (Å²) in [7, 11) is 0. The van der Waals surface area contributed by atoms with Gasteiger partial charge < -0.3 is 8.80 Å². The number of fused-ring (bicyclic) bond motifs is 6. The molecule has 414 valence electrons. The van der Waals surface area contributed by atoms with E-state index < -0.39 is 0 Å². The van der Waals surface area contributed by atoms with Crippen LogP contribution in [0.25, 0.3) is 133 Å². The number of benzene rings is 9. The van der Waals surface area contributed by atoms with E-state index in [0.717, 1.165) is 122 Å². The molecule has 14 aromatic rings. The minimum absolute atomic E-state index is 0.243. The van der Waals surface area contributed by atoms with Crippen molar-refractivity contribution in [3.63, 3.8) is 0 Å². The monoisotopic (exact) mass is 1110 g/mol. The molecule has 0 fully saturated rings. The van der Waals surface area contributed by atoms with Gasteiger partial charge in [-0.25, -0.2) is 0 Å². The topological polar surface area (TPSA) is 81.6 Å². The molecule has 5 aromatic heterocycles. The summed E-state index contributed by atoms with van der Waals surface area (Å²) in [5, 5.41) is 3.83. The Balaban J connectivity index is 0.890. The van der Waals surface area contributed by atoms with E-state index in [1.807, 2.05) is 24.7 Å². The largest absolute Gasteiger partial charge is 0.304 e. The first-order chi connectivity index (χ1) is 41.7. The maximum Gasteiger partial charge on any atom is 0.273 e. The lowest BCUT2D eigenvalue weighted by Gasteiger charge is -2.22. The van der Waals surface area contributed by atoms with Crippen LogP contribution in [0.15, 0.2) is 271 Å². The van der Waals surface area contributed by atoms with Gasteiger partial charge in [0.05, 0.1) is 5.69 Å². The van der Waals surface area contributed by atoms with Crippen LogP contribution in [0.1, 0.15) is 52.9 Å². The van der Waals surface area contributed by atoms with Gasteiger partial charge in [0.25, 0.3) is 11.1 Å². The summed E-state index contributed by atoms with van der Waals surface area (Å²) in [5.74, 6) is 0. The smallest absolute Gasteiger partial charge is 0.273 e. The van der Waals surface area contributed by atoms with E-state index in [1.165, 1.54) is 11.1 Å². The van der Waals surface area contributed by atoms with Gasteiger partial charge in [-0.2, -0.15) is 9.97 Å². The molecule has 0 amide bonds. The van der Waals surface area contributed by atoms with Crippen molar-refractivity contribution in [3.05, 3.63) is 293 Å². The molecule has 0 radical (unpaired) electrons. The van der Waals surface area contributed by atoms with Gasteiger partial charge in [-0.05, 0) is 154 Å². The number of rotatable bonds is 9. The van der Waals surface area contributed by atoms with Crippen molar-refractivity contribution in [2.45, 2.75) is 52.4 Å². The number of aromatic nitrogens is 5. The molecule has 0 aliphatic heterocycles. The van der Waals surface area contributed by atoms with Gasteiger partial charge in [0, 0.05) is 69.3 Å². The zero-order valence-corrected chi connectivity index (χ0v) is 48.9. The zero-order valence-electron chi connectivity index (χ0n) is 48.9. The Hall–Kier alpha value is -10.6. The molecular formula is C79H61N5O2. The van der Waals surface area contributed by atoms with Crippen LogP contribution in [0, 0.1) is 0 Å². The lowest BCUT2D eigenvalue weighted by molar-refractivity contribution is 0.557. The Morgan fingerprint density at radius 3 is 1.10 bits per heavy atom. The van der Waals surface area contributed by atoms with E-state index in [4.69, 9.17) is 4.98 Å². The second-order valence-corrected chi connectivity index (χ2v) is 24.5. The molecule has 7 heteroatoms. The first-order valence-corrected chi connectivity index (χ1v) is 29.3. The fraction of sp³-hybridized carbons (Fsp3) is 0.101. The molecular weight excluding hydrogens is 1050 g/mol. The van der Waals surface area contributed by atoms with E-state index in [-0.39, 0.29) is 21.9 Å². The first kappa shape index (κ1) is 53.4. The average Bonchev–Trinajstić information content (AvgIpc) is 0.960. The molecule has 0 N–H and O–H groups in total. The van der Waals surface area contributed by atoms with E-state index in [2.05, 4.69) is 285 Å². The fourth-order valence-electron chi connectivity index (χ4n) is 12.4. The number of nitrogens with zero attached hydrogens (tertiary/aromatic N) is 5. The van der Waals surface area contributed by atoms with E-state index in [0.29, 0.717) is 11.3 Å². The van der Waals surface area contributed by atoms with Gasteiger partial charge >= 0.3 is 0 Å². The third-order valence-corrected chi connectivity index (χ3v) is 16.7. The lowest BCUT2D eigenvalue weighted by atomic mass is 9.86. The van der Waals surface area contributed by atoms with Crippen molar-refractivity contribution in [1.29, 1.82) is 0 Å². The summed E-state index contributed by atoms with van der Waals surface area (Å²) >= 11 is 0. The highest BCUT2D eigenvalue weighted by Gasteiger charge is 2.23. The number of hydrogen-bond acceptors (Lipinski definition) is 5. The van der Waals surface area contributed by atoms with Crippen LogP contribution in [-0.4, -0.2) is 23.8 Å². The number of hydrogen-bond donors (Lipinski definition) is 0. The van der Waals surface area contributed by atoms with Crippen molar-refractivity contribution in [2.75, 3.05) is 0 Å². The predicted octanol–water partition coefficient (Wildman–Crippen LogP) is 19.0. The maximum atomic E-state index is 13.1. The number of pyridine rings is 3. The van der Waals surface area contributed by atoms with E-state index >= 15 is 0 Å².